The van der Waals surface area contributed by atoms with E-state index in [0.717, 1.165) is 38.5 Å². The molecule has 0 aromatic heterocycles. The lowest BCUT2D eigenvalue weighted by molar-refractivity contribution is -0.128. The molecule has 1 unspecified atom stereocenters. The standard InChI is InChI=1S/C18H33NO3/c20-13-10-16(15-8-4-3-5-9-15)19-17(21)14-18(22)11-6-1-2-7-12-18/h15-16,20,22H,1-14H2,(H,19,21). The van der Waals surface area contributed by atoms with Gasteiger partial charge in [-0.2, -0.15) is 0 Å². The van der Waals surface area contributed by atoms with Crippen LogP contribution in [0.5, 0.6) is 0 Å². The topological polar surface area (TPSA) is 69.6 Å². The summed E-state index contributed by atoms with van der Waals surface area (Å²) in [5.74, 6) is 0.460. The smallest absolute Gasteiger partial charge is 0.223 e. The summed E-state index contributed by atoms with van der Waals surface area (Å²) in [5.41, 5.74) is -0.809. The zero-order valence-corrected chi connectivity index (χ0v) is 13.9. The highest BCUT2D eigenvalue weighted by atomic mass is 16.3. The molecule has 2 rings (SSSR count). The molecular formula is C18H33NO3. The van der Waals surface area contributed by atoms with E-state index in [0.29, 0.717) is 12.3 Å². The number of carbonyl (C=O) groups is 1. The fraction of sp³-hybridized carbons (Fsp3) is 0.944. The average Bonchev–Trinajstić information content (AvgIpc) is 2.72. The largest absolute Gasteiger partial charge is 0.396 e. The third-order valence-corrected chi connectivity index (χ3v) is 5.53. The maximum Gasteiger partial charge on any atom is 0.223 e. The highest BCUT2D eigenvalue weighted by molar-refractivity contribution is 5.77. The predicted octanol–water partition coefficient (Wildman–Crippen LogP) is 2.91. The molecule has 0 aromatic rings. The van der Waals surface area contributed by atoms with Crippen molar-refractivity contribution >= 4 is 5.91 Å². The van der Waals surface area contributed by atoms with Crippen molar-refractivity contribution in [3.05, 3.63) is 0 Å². The van der Waals surface area contributed by atoms with Crippen molar-refractivity contribution in [1.29, 1.82) is 0 Å². The number of carbonyl (C=O) groups excluding carboxylic acids is 1. The van der Waals surface area contributed by atoms with Crippen LogP contribution < -0.4 is 5.32 Å². The molecular weight excluding hydrogens is 278 g/mol. The average molecular weight is 311 g/mol. The quantitative estimate of drug-likeness (QED) is 0.661. The molecule has 128 valence electrons. The first-order valence-electron chi connectivity index (χ1n) is 9.25. The van der Waals surface area contributed by atoms with Gasteiger partial charge < -0.3 is 15.5 Å². The van der Waals surface area contributed by atoms with Crippen molar-refractivity contribution in [3.8, 4) is 0 Å². The molecule has 0 aliphatic heterocycles. The Morgan fingerprint density at radius 2 is 1.64 bits per heavy atom. The maximum absolute atomic E-state index is 12.4. The van der Waals surface area contributed by atoms with Gasteiger partial charge in [0.15, 0.2) is 0 Å². The van der Waals surface area contributed by atoms with Gasteiger partial charge in [0, 0.05) is 12.6 Å². The zero-order chi connectivity index (χ0) is 15.8. The first-order chi connectivity index (χ1) is 10.6. The lowest BCUT2D eigenvalue weighted by Gasteiger charge is -2.32. The van der Waals surface area contributed by atoms with Crippen molar-refractivity contribution in [2.75, 3.05) is 6.61 Å². The summed E-state index contributed by atoms with van der Waals surface area (Å²) in [4.78, 5) is 12.4. The van der Waals surface area contributed by atoms with Crippen LogP contribution >= 0.6 is 0 Å². The molecule has 2 aliphatic carbocycles. The molecule has 3 N–H and O–H groups in total. The molecule has 0 radical (unpaired) electrons. The van der Waals surface area contributed by atoms with Crippen LogP contribution in [0.15, 0.2) is 0 Å². The number of hydrogen-bond acceptors (Lipinski definition) is 3. The highest BCUT2D eigenvalue weighted by Gasteiger charge is 2.32. The Labute approximate surface area is 134 Å². The van der Waals surface area contributed by atoms with E-state index in [-0.39, 0.29) is 25.0 Å². The summed E-state index contributed by atoms with van der Waals surface area (Å²) < 4.78 is 0. The number of aliphatic hydroxyl groups excluding tert-OH is 1. The van der Waals surface area contributed by atoms with E-state index in [1.807, 2.05) is 0 Å². The Hall–Kier alpha value is -0.610. The van der Waals surface area contributed by atoms with Gasteiger partial charge in [-0.1, -0.05) is 44.9 Å². The van der Waals surface area contributed by atoms with Gasteiger partial charge in [-0.3, -0.25) is 4.79 Å². The summed E-state index contributed by atoms with van der Waals surface area (Å²) in [6.07, 6.45) is 12.8. The van der Waals surface area contributed by atoms with Crippen LogP contribution in [0.4, 0.5) is 0 Å². The Bertz CT molecular complexity index is 331. The van der Waals surface area contributed by atoms with Crippen LogP contribution in [0, 0.1) is 5.92 Å². The molecule has 0 spiro atoms. The third-order valence-electron chi connectivity index (χ3n) is 5.53. The first-order valence-corrected chi connectivity index (χ1v) is 9.25. The third kappa shape index (κ3) is 5.54. The molecule has 2 saturated carbocycles. The van der Waals surface area contributed by atoms with Gasteiger partial charge in [0.1, 0.15) is 0 Å². The van der Waals surface area contributed by atoms with Crippen LogP contribution in [0.3, 0.4) is 0 Å². The number of nitrogens with one attached hydrogen (secondary N) is 1. The number of amides is 1. The Morgan fingerprint density at radius 3 is 2.23 bits per heavy atom. The maximum atomic E-state index is 12.4. The molecule has 2 fully saturated rings. The predicted molar refractivity (Wildman–Crippen MR) is 87.5 cm³/mol. The van der Waals surface area contributed by atoms with Crippen molar-refractivity contribution in [1.82, 2.24) is 5.32 Å². The highest BCUT2D eigenvalue weighted by Crippen LogP contribution is 2.31. The first kappa shape index (κ1) is 17.7. The van der Waals surface area contributed by atoms with Gasteiger partial charge in [-0.25, -0.2) is 0 Å². The van der Waals surface area contributed by atoms with E-state index < -0.39 is 5.60 Å². The van der Waals surface area contributed by atoms with Gasteiger partial charge in [-0.15, -0.1) is 0 Å². The van der Waals surface area contributed by atoms with Crippen LogP contribution in [-0.4, -0.2) is 34.4 Å². The Balaban J connectivity index is 1.86. The summed E-state index contributed by atoms with van der Waals surface area (Å²) in [7, 11) is 0. The minimum atomic E-state index is -0.809. The van der Waals surface area contributed by atoms with Crippen molar-refractivity contribution in [3.63, 3.8) is 0 Å². The Morgan fingerprint density at radius 1 is 1.05 bits per heavy atom. The molecule has 4 nitrogen and oxygen atoms in total. The lowest BCUT2D eigenvalue weighted by atomic mass is 9.82. The second-order valence-corrected chi connectivity index (χ2v) is 7.40. The van der Waals surface area contributed by atoms with Crippen LogP contribution in [0.2, 0.25) is 0 Å². The van der Waals surface area contributed by atoms with Crippen molar-refractivity contribution in [2.24, 2.45) is 5.92 Å². The fourth-order valence-corrected chi connectivity index (χ4v) is 4.22. The molecule has 4 heteroatoms. The van der Waals surface area contributed by atoms with Gasteiger partial charge in [0.05, 0.1) is 12.0 Å². The molecule has 0 heterocycles. The lowest BCUT2D eigenvalue weighted by Crippen LogP contribution is -2.45. The summed E-state index contributed by atoms with van der Waals surface area (Å²) in [6.45, 7) is 0.117. The molecule has 0 aromatic carbocycles. The van der Waals surface area contributed by atoms with Gasteiger partial charge >= 0.3 is 0 Å². The summed E-state index contributed by atoms with van der Waals surface area (Å²) >= 11 is 0. The summed E-state index contributed by atoms with van der Waals surface area (Å²) in [5, 5.41) is 23.1. The van der Waals surface area contributed by atoms with E-state index in [4.69, 9.17) is 0 Å². The second-order valence-electron chi connectivity index (χ2n) is 7.40. The van der Waals surface area contributed by atoms with E-state index in [1.165, 1.54) is 32.1 Å². The van der Waals surface area contributed by atoms with Crippen molar-refractivity contribution in [2.45, 2.75) is 95.1 Å². The SMILES string of the molecule is O=C(CC1(O)CCCCCC1)NC(CCO)C1CCCCC1. The molecule has 2 aliphatic rings. The normalized spacial score (nSPS) is 24.5. The minimum absolute atomic E-state index is 0.0339. The molecule has 1 amide bonds. The van der Waals surface area contributed by atoms with Gasteiger partial charge in [-0.05, 0) is 38.0 Å². The van der Waals surface area contributed by atoms with E-state index in [2.05, 4.69) is 5.32 Å². The van der Waals surface area contributed by atoms with Gasteiger partial charge in [0.25, 0.3) is 0 Å². The number of aliphatic hydroxyl groups is 2. The van der Waals surface area contributed by atoms with Gasteiger partial charge in [0.2, 0.25) is 5.91 Å². The van der Waals surface area contributed by atoms with Crippen LogP contribution in [-0.2, 0) is 4.79 Å². The molecule has 0 bridgehead atoms. The van der Waals surface area contributed by atoms with Crippen molar-refractivity contribution < 1.29 is 15.0 Å². The monoisotopic (exact) mass is 311 g/mol. The number of rotatable bonds is 6. The zero-order valence-electron chi connectivity index (χ0n) is 13.9. The molecule has 22 heavy (non-hydrogen) atoms. The fourth-order valence-electron chi connectivity index (χ4n) is 4.22. The van der Waals surface area contributed by atoms with Crippen LogP contribution in [0.25, 0.3) is 0 Å². The molecule has 0 saturated heterocycles. The summed E-state index contributed by atoms with van der Waals surface area (Å²) in [6, 6.07) is 0.0761. The second kappa shape index (κ2) is 8.88. The number of hydrogen-bond donors (Lipinski definition) is 3. The van der Waals surface area contributed by atoms with Crippen LogP contribution in [0.1, 0.15) is 83.5 Å². The molecule has 1 atom stereocenters. The minimum Gasteiger partial charge on any atom is -0.396 e. The van der Waals surface area contributed by atoms with E-state index in [1.54, 1.807) is 0 Å². The Kier molecular flexibility index (Phi) is 7.16. The van der Waals surface area contributed by atoms with E-state index >= 15 is 0 Å². The van der Waals surface area contributed by atoms with E-state index in [9.17, 15) is 15.0 Å².